The standard InChI is InChI=1S/C24H30N2O3/c1-3-4-17-29-22-8-6-5-7-21(22)23(27)25-20-11-9-19(10-12-20)24(28)26-15-13-18(2)14-16-26/h5-12,18H,3-4,13-17H2,1-2H3,(H,25,27). The summed E-state index contributed by atoms with van der Waals surface area (Å²) in [6, 6.07) is 14.4. The quantitative estimate of drug-likeness (QED) is 0.673. The first kappa shape index (κ1) is 20.9. The lowest BCUT2D eigenvalue weighted by molar-refractivity contribution is 0.0697. The van der Waals surface area contributed by atoms with Crippen LogP contribution in [0.25, 0.3) is 0 Å². The van der Waals surface area contributed by atoms with Gasteiger partial charge in [-0.05, 0) is 61.6 Å². The van der Waals surface area contributed by atoms with Gasteiger partial charge in [-0.15, -0.1) is 0 Å². The molecule has 5 heteroatoms. The van der Waals surface area contributed by atoms with Gasteiger partial charge in [0.2, 0.25) is 0 Å². The summed E-state index contributed by atoms with van der Waals surface area (Å²) in [5, 5.41) is 2.90. The lowest BCUT2D eigenvalue weighted by Crippen LogP contribution is -2.37. The van der Waals surface area contributed by atoms with Crippen LogP contribution in [0.3, 0.4) is 0 Å². The van der Waals surface area contributed by atoms with E-state index in [1.807, 2.05) is 23.1 Å². The number of hydrogen-bond donors (Lipinski definition) is 1. The van der Waals surface area contributed by atoms with E-state index in [-0.39, 0.29) is 11.8 Å². The Hall–Kier alpha value is -2.82. The number of amides is 2. The Bertz CT molecular complexity index is 824. The monoisotopic (exact) mass is 394 g/mol. The first-order chi connectivity index (χ1) is 14.1. The highest BCUT2D eigenvalue weighted by atomic mass is 16.5. The minimum atomic E-state index is -0.221. The number of unbranched alkanes of at least 4 members (excludes halogenated alkanes) is 1. The fraction of sp³-hybridized carbons (Fsp3) is 0.417. The lowest BCUT2D eigenvalue weighted by atomic mass is 9.98. The molecule has 0 saturated carbocycles. The summed E-state index contributed by atoms with van der Waals surface area (Å²) in [6.45, 7) is 6.54. The summed E-state index contributed by atoms with van der Waals surface area (Å²) in [4.78, 5) is 27.3. The minimum Gasteiger partial charge on any atom is -0.493 e. The fourth-order valence-electron chi connectivity index (χ4n) is 3.40. The second-order valence-electron chi connectivity index (χ2n) is 7.70. The van der Waals surface area contributed by atoms with Crippen molar-refractivity contribution in [1.29, 1.82) is 0 Å². The first-order valence-corrected chi connectivity index (χ1v) is 10.5. The number of likely N-dealkylation sites (tertiary alicyclic amines) is 1. The maximum absolute atomic E-state index is 12.7. The zero-order valence-electron chi connectivity index (χ0n) is 17.3. The normalized spacial score (nSPS) is 14.5. The predicted molar refractivity (Wildman–Crippen MR) is 116 cm³/mol. The van der Waals surface area contributed by atoms with Crippen LogP contribution in [0.5, 0.6) is 5.75 Å². The summed E-state index contributed by atoms with van der Waals surface area (Å²) >= 11 is 0. The van der Waals surface area contributed by atoms with Gasteiger partial charge in [-0.3, -0.25) is 9.59 Å². The van der Waals surface area contributed by atoms with Gasteiger partial charge in [0.15, 0.2) is 0 Å². The van der Waals surface area contributed by atoms with E-state index in [0.717, 1.165) is 38.8 Å². The number of hydrogen-bond acceptors (Lipinski definition) is 3. The van der Waals surface area contributed by atoms with Gasteiger partial charge in [0.05, 0.1) is 12.2 Å². The van der Waals surface area contributed by atoms with Crippen molar-refractivity contribution in [2.75, 3.05) is 25.0 Å². The number of ether oxygens (including phenoxy) is 1. The Morgan fingerprint density at radius 2 is 1.76 bits per heavy atom. The van der Waals surface area contributed by atoms with Crippen molar-refractivity contribution in [2.24, 2.45) is 5.92 Å². The van der Waals surface area contributed by atoms with Gasteiger partial charge in [-0.1, -0.05) is 32.4 Å². The number of carbonyl (C=O) groups is 2. The molecule has 1 aliphatic heterocycles. The van der Waals surface area contributed by atoms with E-state index >= 15 is 0 Å². The maximum Gasteiger partial charge on any atom is 0.259 e. The molecule has 3 rings (SSSR count). The number of nitrogens with zero attached hydrogens (tertiary/aromatic N) is 1. The third-order valence-electron chi connectivity index (χ3n) is 5.35. The van der Waals surface area contributed by atoms with Crippen LogP contribution < -0.4 is 10.1 Å². The predicted octanol–water partition coefficient (Wildman–Crippen LogP) is 4.99. The number of carbonyl (C=O) groups excluding carboxylic acids is 2. The van der Waals surface area contributed by atoms with E-state index in [4.69, 9.17) is 4.74 Å². The molecule has 1 heterocycles. The second-order valence-corrected chi connectivity index (χ2v) is 7.70. The van der Waals surface area contributed by atoms with Crippen LogP contribution in [0.4, 0.5) is 5.69 Å². The molecule has 0 bridgehead atoms. The highest BCUT2D eigenvalue weighted by Crippen LogP contribution is 2.22. The highest BCUT2D eigenvalue weighted by molar-refractivity contribution is 6.06. The van der Waals surface area contributed by atoms with Crippen LogP contribution in [0.1, 0.15) is 60.2 Å². The summed E-state index contributed by atoms with van der Waals surface area (Å²) in [5.74, 6) is 1.11. The van der Waals surface area contributed by atoms with E-state index in [1.165, 1.54) is 0 Å². The van der Waals surface area contributed by atoms with Gasteiger partial charge in [0.25, 0.3) is 11.8 Å². The minimum absolute atomic E-state index is 0.0597. The zero-order valence-corrected chi connectivity index (χ0v) is 17.3. The van der Waals surface area contributed by atoms with Gasteiger partial charge < -0.3 is 15.0 Å². The molecule has 1 aliphatic rings. The van der Waals surface area contributed by atoms with Gasteiger partial charge in [0, 0.05) is 24.3 Å². The third-order valence-corrected chi connectivity index (χ3v) is 5.35. The number of nitrogens with one attached hydrogen (secondary N) is 1. The van der Waals surface area contributed by atoms with Crippen LogP contribution in [0.2, 0.25) is 0 Å². The molecule has 0 aromatic heterocycles. The molecule has 0 aliphatic carbocycles. The van der Waals surface area contributed by atoms with Crippen molar-refractivity contribution in [3.05, 3.63) is 59.7 Å². The van der Waals surface area contributed by atoms with E-state index in [2.05, 4.69) is 19.2 Å². The van der Waals surface area contributed by atoms with E-state index in [0.29, 0.717) is 35.1 Å². The van der Waals surface area contributed by atoms with E-state index in [9.17, 15) is 9.59 Å². The van der Waals surface area contributed by atoms with Gasteiger partial charge in [0.1, 0.15) is 5.75 Å². The summed E-state index contributed by atoms with van der Waals surface area (Å²) < 4.78 is 5.75. The van der Waals surface area contributed by atoms with Gasteiger partial charge >= 0.3 is 0 Å². The molecule has 1 N–H and O–H groups in total. The zero-order chi connectivity index (χ0) is 20.6. The van der Waals surface area contributed by atoms with Crippen LogP contribution in [0, 0.1) is 5.92 Å². The number of anilines is 1. The molecule has 5 nitrogen and oxygen atoms in total. The Morgan fingerprint density at radius 1 is 1.07 bits per heavy atom. The lowest BCUT2D eigenvalue weighted by Gasteiger charge is -2.30. The largest absolute Gasteiger partial charge is 0.493 e. The Kier molecular flexibility index (Phi) is 7.28. The molecule has 0 unspecified atom stereocenters. The van der Waals surface area contributed by atoms with Gasteiger partial charge in [-0.25, -0.2) is 0 Å². The number of para-hydroxylation sites is 1. The molecule has 2 amide bonds. The van der Waals surface area contributed by atoms with Crippen LogP contribution in [-0.4, -0.2) is 36.4 Å². The van der Waals surface area contributed by atoms with E-state index < -0.39 is 0 Å². The smallest absolute Gasteiger partial charge is 0.259 e. The molecular formula is C24H30N2O3. The molecule has 0 spiro atoms. The van der Waals surface area contributed by atoms with Crippen molar-refractivity contribution < 1.29 is 14.3 Å². The molecule has 0 radical (unpaired) electrons. The number of rotatable bonds is 7. The Balaban J connectivity index is 1.62. The number of piperidine rings is 1. The SMILES string of the molecule is CCCCOc1ccccc1C(=O)Nc1ccc(C(=O)N2CCC(C)CC2)cc1. The molecule has 1 saturated heterocycles. The van der Waals surface area contributed by atoms with Crippen molar-refractivity contribution >= 4 is 17.5 Å². The molecule has 2 aromatic rings. The van der Waals surface area contributed by atoms with Crippen molar-refractivity contribution in [2.45, 2.75) is 39.5 Å². The summed E-state index contributed by atoms with van der Waals surface area (Å²) in [6.07, 6.45) is 4.09. The fourth-order valence-corrected chi connectivity index (χ4v) is 3.40. The first-order valence-electron chi connectivity index (χ1n) is 10.5. The van der Waals surface area contributed by atoms with E-state index in [1.54, 1.807) is 30.3 Å². The Labute approximate surface area is 173 Å². The van der Waals surface area contributed by atoms with Crippen molar-refractivity contribution in [1.82, 2.24) is 4.90 Å². The van der Waals surface area contributed by atoms with Crippen molar-refractivity contribution in [3.8, 4) is 5.75 Å². The summed E-state index contributed by atoms with van der Waals surface area (Å²) in [5.41, 5.74) is 1.81. The van der Waals surface area contributed by atoms with Crippen LogP contribution >= 0.6 is 0 Å². The third kappa shape index (κ3) is 5.59. The average molecular weight is 395 g/mol. The summed E-state index contributed by atoms with van der Waals surface area (Å²) in [7, 11) is 0. The van der Waals surface area contributed by atoms with Crippen molar-refractivity contribution in [3.63, 3.8) is 0 Å². The van der Waals surface area contributed by atoms with Gasteiger partial charge in [-0.2, -0.15) is 0 Å². The second kappa shape index (κ2) is 10.1. The highest BCUT2D eigenvalue weighted by Gasteiger charge is 2.21. The van der Waals surface area contributed by atoms with Crippen LogP contribution in [-0.2, 0) is 0 Å². The van der Waals surface area contributed by atoms with Crippen LogP contribution in [0.15, 0.2) is 48.5 Å². The molecule has 2 aromatic carbocycles. The maximum atomic E-state index is 12.7. The molecule has 29 heavy (non-hydrogen) atoms. The number of benzene rings is 2. The molecule has 1 fully saturated rings. The molecule has 154 valence electrons. The average Bonchev–Trinajstić information content (AvgIpc) is 2.75. The topological polar surface area (TPSA) is 58.6 Å². The molecule has 0 atom stereocenters. The molecular weight excluding hydrogens is 364 g/mol. The Morgan fingerprint density at radius 3 is 2.45 bits per heavy atom.